The Morgan fingerprint density at radius 3 is 2.37 bits per heavy atom. The van der Waals surface area contributed by atoms with Gasteiger partial charge in [-0.2, -0.15) is 0 Å². The van der Waals surface area contributed by atoms with Crippen molar-refractivity contribution in [1.82, 2.24) is 0 Å². The fourth-order valence-corrected chi connectivity index (χ4v) is 1.55. The molecule has 0 aliphatic rings. The van der Waals surface area contributed by atoms with Crippen molar-refractivity contribution < 1.29 is 14.7 Å². The summed E-state index contributed by atoms with van der Waals surface area (Å²) in [6.45, 7) is 5.22. The van der Waals surface area contributed by atoms with Crippen molar-refractivity contribution in [2.45, 2.75) is 26.7 Å². The Kier molecular flexibility index (Phi) is 5.23. The maximum atomic E-state index is 11.4. The van der Waals surface area contributed by atoms with Crippen molar-refractivity contribution in [2.24, 2.45) is 0 Å². The minimum absolute atomic E-state index is 0.241. The summed E-state index contributed by atoms with van der Waals surface area (Å²) >= 11 is 0. The zero-order valence-corrected chi connectivity index (χ0v) is 11.3. The Balaban J connectivity index is 2.89. The van der Waals surface area contributed by atoms with Crippen LogP contribution in [0.4, 0.5) is 0 Å². The highest BCUT2D eigenvalue weighted by atomic mass is 16.9. The highest BCUT2D eigenvalue weighted by Gasteiger charge is 2.07. The maximum absolute atomic E-state index is 11.4. The summed E-state index contributed by atoms with van der Waals surface area (Å²) in [5, 5.41) is 9.24. The van der Waals surface area contributed by atoms with E-state index in [2.05, 4.69) is 18.7 Å². The van der Waals surface area contributed by atoms with Crippen LogP contribution in [0.3, 0.4) is 0 Å². The molecule has 0 fully saturated rings. The molecule has 0 bridgehead atoms. The monoisotopic (exact) mass is 263 g/mol. The van der Waals surface area contributed by atoms with E-state index in [0.29, 0.717) is 5.92 Å². The minimum Gasteiger partial charge on any atom is -0.309 e. The number of Topliss-reactive ketones (excluding diaryl/α,β-unsaturated/α-hetero) is 1. The predicted molar refractivity (Wildman–Crippen MR) is 72.1 cm³/mol. The molecule has 0 aromatic heterocycles. The van der Waals surface area contributed by atoms with Crippen molar-refractivity contribution in [1.29, 1.82) is 0 Å². The van der Waals surface area contributed by atoms with Crippen molar-refractivity contribution in [3.05, 3.63) is 51.1 Å². The van der Waals surface area contributed by atoms with Gasteiger partial charge >= 0.3 is 0 Å². The van der Waals surface area contributed by atoms with Gasteiger partial charge in [-0.1, -0.05) is 38.1 Å². The van der Waals surface area contributed by atoms with Gasteiger partial charge in [-0.05, 0) is 30.0 Å². The largest absolute Gasteiger partial charge is 0.309 e. The second kappa shape index (κ2) is 6.68. The number of hydrogen-bond donors (Lipinski definition) is 0. The number of carbonyl (C=O) groups excluding carboxylic acids is 1. The predicted octanol–water partition coefficient (Wildman–Crippen LogP) is 2.99. The number of ketones is 1. The van der Waals surface area contributed by atoms with Crippen LogP contribution in [-0.4, -0.2) is 17.5 Å². The van der Waals surface area contributed by atoms with Crippen LogP contribution in [0.25, 0.3) is 6.08 Å². The zero-order valence-electron chi connectivity index (χ0n) is 11.3. The number of rotatable bonds is 6. The molecule has 102 valence electrons. The summed E-state index contributed by atoms with van der Waals surface area (Å²) < 4.78 is 0. The summed E-state index contributed by atoms with van der Waals surface area (Å²) in [5.74, 6) is 0.193. The molecule has 0 aliphatic carbocycles. The second-order valence-corrected chi connectivity index (χ2v) is 4.54. The Morgan fingerprint density at radius 1 is 1.37 bits per heavy atom. The molecule has 0 spiro atoms. The van der Waals surface area contributed by atoms with Crippen molar-refractivity contribution in [3.63, 3.8) is 0 Å². The van der Waals surface area contributed by atoms with Gasteiger partial charge in [0, 0.05) is 5.57 Å². The van der Waals surface area contributed by atoms with Crippen LogP contribution in [0.15, 0.2) is 29.8 Å². The summed E-state index contributed by atoms with van der Waals surface area (Å²) in [7, 11) is 0. The van der Waals surface area contributed by atoms with E-state index in [-0.39, 0.29) is 18.0 Å². The van der Waals surface area contributed by atoms with E-state index < -0.39 is 5.09 Å². The summed E-state index contributed by atoms with van der Waals surface area (Å²) in [6.07, 6.45) is 1.61. The Bertz CT molecular complexity index is 489. The molecule has 0 saturated heterocycles. The molecule has 0 radical (unpaired) electrons. The van der Waals surface area contributed by atoms with E-state index >= 15 is 0 Å². The van der Waals surface area contributed by atoms with E-state index in [0.717, 1.165) is 5.56 Å². The molecular weight excluding hydrogens is 246 g/mol. The summed E-state index contributed by atoms with van der Waals surface area (Å²) in [6, 6.07) is 7.71. The van der Waals surface area contributed by atoms with Crippen LogP contribution in [0.5, 0.6) is 0 Å². The van der Waals surface area contributed by atoms with Crippen LogP contribution in [0.2, 0.25) is 0 Å². The molecule has 0 aliphatic heterocycles. The molecule has 0 heterocycles. The molecule has 0 unspecified atom stereocenters. The molecule has 0 amide bonds. The van der Waals surface area contributed by atoms with Gasteiger partial charge in [-0.25, -0.2) is 0 Å². The lowest BCUT2D eigenvalue weighted by Gasteiger charge is -2.06. The lowest BCUT2D eigenvalue weighted by molar-refractivity contribution is -0.755. The fourth-order valence-electron chi connectivity index (χ4n) is 1.55. The Morgan fingerprint density at radius 2 is 1.95 bits per heavy atom. The second-order valence-electron chi connectivity index (χ2n) is 4.54. The molecule has 1 aromatic rings. The van der Waals surface area contributed by atoms with Gasteiger partial charge in [0.2, 0.25) is 0 Å². The van der Waals surface area contributed by atoms with E-state index in [4.69, 9.17) is 0 Å². The maximum Gasteiger partial charge on any atom is 0.294 e. The van der Waals surface area contributed by atoms with Crippen LogP contribution in [-0.2, 0) is 9.63 Å². The lowest BCUT2D eigenvalue weighted by Crippen LogP contribution is -2.09. The number of hydrogen-bond acceptors (Lipinski definition) is 4. The Labute approximate surface area is 112 Å². The average molecular weight is 263 g/mol. The van der Waals surface area contributed by atoms with Gasteiger partial charge in [-0.3, -0.25) is 4.79 Å². The third kappa shape index (κ3) is 4.91. The van der Waals surface area contributed by atoms with Crippen LogP contribution >= 0.6 is 0 Å². The SMILES string of the molecule is CC(=O)/C(=C/c1ccc(C(C)C)cc1)CO[N+](=O)[O-]. The average Bonchev–Trinajstić information content (AvgIpc) is 2.34. The first-order chi connectivity index (χ1) is 8.90. The normalized spacial score (nSPS) is 11.5. The van der Waals surface area contributed by atoms with Gasteiger partial charge < -0.3 is 4.84 Å². The highest BCUT2D eigenvalue weighted by molar-refractivity contribution is 5.97. The van der Waals surface area contributed by atoms with E-state index in [1.54, 1.807) is 6.08 Å². The van der Waals surface area contributed by atoms with Gasteiger partial charge in [0.05, 0.1) is 0 Å². The third-order valence-electron chi connectivity index (χ3n) is 2.72. The van der Waals surface area contributed by atoms with Gasteiger partial charge in [0.15, 0.2) is 5.78 Å². The number of carbonyl (C=O) groups is 1. The van der Waals surface area contributed by atoms with Crippen molar-refractivity contribution in [2.75, 3.05) is 6.61 Å². The van der Waals surface area contributed by atoms with E-state index in [1.165, 1.54) is 12.5 Å². The topological polar surface area (TPSA) is 69.4 Å². The van der Waals surface area contributed by atoms with Gasteiger partial charge in [-0.15, -0.1) is 10.1 Å². The first-order valence-corrected chi connectivity index (χ1v) is 5.99. The minimum atomic E-state index is -0.904. The fraction of sp³-hybridized carbons (Fsp3) is 0.357. The molecule has 5 nitrogen and oxygen atoms in total. The quantitative estimate of drug-likeness (QED) is 0.449. The first kappa shape index (κ1) is 14.9. The zero-order chi connectivity index (χ0) is 14.4. The number of benzene rings is 1. The van der Waals surface area contributed by atoms with E-state index in [9.17, 15) is 14.9 Å². The van der Waals surface area contributed by atoms with Crippen molar-refractivity contribution >= 4 is 11.9 Å². The molecular formula is C14H17NO4. The van der Waals surface area contributed by atoms with Crippen LogP contribution < -0.4 is 0 Å². The molecule has 1 rings (SSSR count). The lowest BCUT2D eigenvalue weighted by atomic mass is 10.0. The smallest absolute Gasteiger partial charge is 0.294 e. The van der Waals surface area contributed by atoms with Crippen LogP contribution in [0, 0.1) is 10.1 Å². The molecule has 19 heavy (non-hydrogen) atoms. The third-order valence-corrected chi connectivity index (χ3v) is 2.72. The molecule has 0 atom stereocenters. The highest BCUT2D eigenvalue weighted by Crippen LogP contribution is 2.16. The molecule has 1 aromatic carbocycles. The van der Waals surface area contributed by atoms with Gasteiger partial charge in [0.1, 0.15) is 6.61 Å². The molecule has 0 saturated carbocycles. The first-order valence-electron chi connectivity index (χ1n) is 5.99. The summed E-state index contributed by atoms with van der Waals surface area (Å²) in [4.78, 5) is 25.7. The van der Waals surface area contributed by atoms with Gasteiger partial charge in [0.25, 0.3) is 5.09 Å². The standard InChI is InChI=1S/C14H17NO4/c1-10(2)13-6-4-12(5-7-13)8-14(11(3)16)9-19-15(17)18/h4-8,10H,9H2,1-3H3/b14-8+. The number of nitrogens with zero attached hydrogens (tertiary/aromatic N) is 1. The Hall–Kier alpha value is -2.17. The van der Waals surface area contributed by atoms with Crippen LogP contribution in [0.1, 0.15) is 37.8 Å². The van der Waals surface area contributed by atoms with E-state index in [1.807, 2.05) is 24.3 Å². The molecule has 5 heteroatoms. The van der Waals surface area contributed by atoms with Crippen molar-refractivity contribution in [3.8, 4) is 0 Å². The summed E-state index contributed by atoms with van der Waals surface area (Å²) in [5.41, 5.74) is 2.29. The molecule has 0 N–H and O–H groups in total.